The van der Waals surface area contributed by atoms with Crippen LogP contribution in [-0.4, -0.2) is 34.6 Å². The number of aliphatic hydroxyl groups is 1. The molecule has 0 aromatic carbocycles. The van der Waals surface area contributed by atoms with Crippen molar-refractivity contribution in [1.29, 1.82) is 0 Å². The molecule has 0 aliphatic carbocycles. The van der Waals surface area contributed by atoms with Crippen LogP contribution in [0.15, 0.2) is 35.2 Å². The van der Waals surface area contributed by atoms with E-state index in [9.17, 15) is 4.79 Å². The standard InChI is InChI=1S/C16H16N2O3/c1-12-14(5-7-21-12)11-18(2)16(20)15-8-13(4-3-6-19)9-17-10-15/h5,7-10,19H,6,11H2,1-2H3. The Morgan fingerprint density at radius 1 is 1.48 bits per heavy atom. The van der Waals surface area contributed by atoms with Crippen LogP contribution in [0.2, 0.25) is 0 Å². The summed E-state index contributed by atoms with van der Waals surface area (Å²) in [4.78, 5) is 18.0. The fourth-order valence-electron chi connectivity index (χ4n) is 1.89. The van der Waals surface area contributed by atoms with Gasteiger partial charge in [0.2, 0.25) is 0 Å². The summed E-state index contributed by atoms with van der Waals surface area (Å²) in [7, 11) is 1.72. The zero-order valence-corrected chi connectivity index (χ0v) is 12.0. The zero-order valence-electron chi connectivity index (χ0n) is 12.0. The van der Waals surface area contributed by atoms with Crippen LogP contribution in [0, 0.1) is 18.8 Å². The number of furan rings is 1. The normalized spacial score (nSPS) is 9.86. The van der Waals surface area contributed by atoms with Gasteiger partial charge in [0.15, 0.2) is 0 Å². The van der Waals surface area contributed by atoms with Crippen LogP contribution >= 0.6 is 0 Å². The Kier molecular flexibility index (Phi) is 4.75. The fourth-order valence-corrected chi connectivity index (χ4v) is 1.89. The summed E-state index contributed by atoms with van der Waals surface area (Å²) >= 11 is 0. The number of aromatic nitrogens is 1. The van der Waals surface area contributed by atoms with Gasteiger partial charge in [-0.15, -0.1) is 0 Å². The quantitative estimate of drug-likeness (QED) is 0.869. The van der Waals surface area contributed by atoms with Gasteiger partial charge < -0.3 is 14.4 Å². The molecule has 0 aliphatic rings. The predicted octanol–water partition coefficient (Wildman–Crippen LogP) is 1.60. The molecule has 108 valence electrons. The van der Waals surface area contributed by atoms with E-state index in [0.717, 1.165) is 11.3 Å². The van der Waals surface area contributed by atoms with Crippen molar-refractivity contribution in [2.45, 2.75) is 13.5 Å². The molecule has 0 saturated heterocycles. The maximum atomic E-state index is 12.4. The van der Waals surface area contributed by atoms with E-state index in [-0.39, 0.29) is 12.5 Å². The lowest BCUT2D eigenvalue weighted by molar-refractivity contribution is 0.0784. The largest absolute Gasteiger partial charge is 0.469 e. The number of hydrogen-bond acceptors (Lipinski definition) is 4. The molecule has 2 rings (SSSR count). The molecule has 5 heteroatoms. The number of carbonyl (C=O) groups is 1. The molecule has 5 nitrogen and oxygen atoms in total. The number of carbonyl (C=O) groups excluding carboxylic acids is 1. The molecule has 0 aliphatic heterocycles. The summed E-state index contributed by atoms with van der Waals surface area (Å²) in [6.07, 6.45) is 4.67. The monoisotopic (exact) mass is 284 g/mol. The first-order chi connectivity index (χ1) is 10.1. The first-order valence-electron chi connectivity index (χ1n) is 6.45. The van der Waals surface area contributed by atoms with Gasteiger partial charge in [-0.25, -0.2) is 0 Å². The molecule has 0 atom stereocenters. The molecule has 2 aromatic heterocycles. The number of hydrogen-bond donors (Lipinski definition) is 1. The highest BCUT2D eigenvalue weighted by Crippen LogP contribution is 2.13. The van der Waals surface area contributed by atoms with Gasteiger partial charge in [-0.1, -0.05) is 11.8 Å². The lowest BCUT2D eigenvalue weighted by atomic mass is 10.1. The van der Waals surface area contributed by atoms with Crippen LogP contribution in [0.5, 0.6) is 0 Å². The molecule has 2 heterocycles. The molecule has 0 unspecified atom stereocenters. The van der Waals surface area contributed by atoms with Gasteiger partial charge in [0.1, 0.15) is 12.4 Å². The van der Waals surface area contributed by atoms with Crippen LogP contribution < -0.4 is 0 Å². The summed E-state index contributed by atoms with van der Waals surface area (Å²) < 4.78 is 5.22. The zero-order chi connectivity index (χ0) is 15.2. The van der Waals surface area contributed by atoms with Gasteiger partial charge in [-0.3, -0.25) is 9.78 Å². The molecule has 21 heavy (non-hydrogen) atoms. The third-order valence-electron chi connectivity index (χ3n) is 3.02. The summed E-state index contributed by atoms with van der Waals surface area (Å²) in [5, 5.41) is 8.69. The fraction of sp³-hybridized carbons (Fsp3) is 0.250. The van der Waals surface area contributed by atoms with E-state index in [2.05, 4.69) is 16.8 Å². The van der Waals surface area contributed by atoms with Gasteiger partial charge in [-0.2, -0.15) is 0 Å². The summed E-state index contributed by atoms with van der Waals surface area (Å²) in [6, 6.07) is 3.51. The second kappa shape index (κ2) is 6.73. The Bertz CT molecular complexity index is 695. The SMILES string of the molecule is Cc1occc1CN(C)C(=O)c1cncc(C#CCO)c1. The molecular weight excluding hydrogens is 268 g/mol. The van der Waals surface area contributed by atoms with E-state index in [1.807, 2.05) is 13.0 Å². The van der Waals surface area contributed by atoms with Gasteiger partial charge >= 0.3 is 0 Å². The van der Waals surface area contributed by atoms with E-state index in [1.54, 1.807) is 30.5 Å². The molecule has 2 aromatic rings. The minimum absolute atomic E-state index is 0.143. The highest BCUT2D eigenvalue weighted by molar-refractivity contribution is 5.94. The third kappa shape index (κ3) is 3.71. The number of nitrogens with zero attached hydrogens (tertiary/aromatic N) is 2. The minimum atomic E-state index is -0.224. The smallest absolute Gasteiger partial charge is 0.255 e. The average molecular weight is 284 g/mol. The number of aliphatic hydroxyl groups excluding tert-OH is 1. The maximum absolute atomic E-state index is 12.4. The number of amides is 1. The summed E-state index contributed by atoms with van der Waals surface area (Å²) in [6.45, 7) is 2.10. The third-order valence-corrected chi connectivity index (χ3v) is 3.02. The topological polar surface area (TPSA) is 66.6 Å². The van der Waals surface area contributed by atoms with Crippen molar-refractivity contribution in [1.82, 2.24) is 9.88 Å². The molecule has 0 radical (unpaired) electrons. The van der Waals surface area contributed by atoms with E-state index in [1.165, 1.54) is 6.20 Å². The minimum Gasteiger partial charge on any atom is -0.469 e. The summed E-state index contributed by atoms with van der Waals surface area (Å²) in [5.41, 5.74) is 2.03. The van der Waals surface area contributed by atoms with Crippen molar-refractivity contribution in [3.8, 4) is 11.8 Å². The van der Waals surface area contributed by atoms with Gasteiger partial charge in [0.25, 0.3) is 5.91 Å². The van der Waals surface area contributed by atoms with Crippen molar-refractivity contribution >= 4 is 5.91 Å². The van der Waals surface area contributed by atoms with Gasteiger partial charge in [-0.05, 0) is 19.1 Å². The molecule has 0 saturated carbocycles. The Balaban J connectivity index is 2.14. The van der Waals surface area contributed by atoms with E-state index < -0.39 is 0 Å². The van der Waals surface area contributed by atoms with Crippen LogP contribution in [0.25, 0.3) is 0 Å². The molecular formula is C16H16N2O3. The Morgan fingerprint density at radius 2 is 2.29 bits per heavy atom. The summed E-state index contributed by atoms with van der Waals surface area (Å²) in [5.74, 6) is 5.93. The lowest BCUT2D eigenvalue weighted by Crippen LogP contribution is -2.26. The molecule has 1 amide bonds. The van der Waals surface area contributed by atoms with Gasteiger partial charge in [0, 0.05) is 37.1 Å². The average Bonchev–Trinajstić information content (AvgIpc) is 2.90. The highest BCUT2D eigenvalue weighted by Gasteiger charge is 2.14. The highest BCUT2D eigenvalue weighted by atomic mass is 16.3. The van der Waals surface area contributed by atoms with Crippen molar-refractivity contribution in [3.63, 3.8) is 0 Å². The lowest BCUT2D eigenvalue weighted by Gasteiger charge is -2.16. The Labute approximate surface area is 123 Å². The van der Waals surface area contributed by atoms with Crippen LogP contribution in [0.4, 0.5) is 0 Å². The number of rotatable bonds is 3. The molecule has 0 bridgehead atoms. The van der Waals surface area contributed by atoms with Gasteiger partial charge in [0.05, 0.1) is 11.8 Å². The van der Waals surface area contributed by atoms with Crippen molar-refractivity contribution in [3.05, 3.63) is 53.2 Å². The van der Waals surface area contributed by atoms with Crippen LogP contribution in [-0.2, 0) is 6.54 Å². The maximum Gasteiger partial charge on any atom is 0.255 e. The van der Waals surface area contributed by atoms with Crippen molar-refractivity contribution in [2.24, 2.45) is 0 Å². The van der Waals surface area contributed by atoms with E-state index in [0.29, 0.717) is 17.7 Å². The number of aryl methyl sites for hydroxylation is 1. The Morgan fingerprint density at radius 3 is 2.95 bits per heavy atom. The molecule has 0 spiro atoms. The van der Waals surface area contributed by atoms with Crippen LogP contribution in [0.3, 0.4) is 0 Å². The predicted molar refractivity (Wildman–Crippen MR) is 77.4 cm³/mol. The first-order valence-corrected chi connectivity index (χ1v) is 6.45. The molecule has 0 fully saturated rings. The van der Waals surface area contributed by atoms with E-state index in [4.69, 9.17) is 9.52 Å². The number of pyridine rings is 1. The van der Waals surface area contributed by atoms with Crippen molar-refractivity contribution in [2.75, 3.05) is 13.7 Å². The van der Waals surface area contributed by atoms with E-state index >= 15 is 0 Å². The second-order valence-electron chi connectivity index (χ2n) is 4.59. The molecule has 1 N–H and O–H groups in total. The Hall–Kier alpha value is -2.58. The van der Waals surface area contributed by atoms with Crippen molar-refractivity contribution < 1.29 is 14.3 Å². The second-order valence-corrected chi connectivity index (χ2v) is 4.59. The first kappa shape index (κ1) is 14.8. The van der Waals surface area contributed by atoms with Crippen LogP contribution in [0.1, 0.15) is 27.2 Å².